The summed E-state index contributed by atoms with van der Waals surface area (Å²) in [7, 11) is 0. The largest absolute Gasteiger partial charge is 0.288 e. The second-order valence-electron chi connectivity index (χ2n) is 6.10. The highest BCUT2D eigenvalue weighted by atomic mass is 35.5. The molecular formula is C22H13ClN2O2S. The number of halogens is 1. The molecule has 3 aromatic rings. The standard InChI is InChI=1S/C22H13ClN2O2S/c23-16-8-6-14(7-9-16)18-19(20(26)15-10-12-24-13-11-15)22(28)25(21(18)27)17-4-2-1-3-5-17/h1-13H. The third-order valence-corrected chi connectivity index (χ3v) is 5.04. The molecule has 2 heterocycles. The lowest BCUT2D eigenvalue weighted by atomic mass is 9.96. The first-order chi connectivity index (χ1) is 13.6. The van der Waals surface area contributed by atoms with Crippen LogP contribution in [0.25, 0.3) is 5.57 Å². The number of benzene rings is 2. The van der Waals surface area contributed by atoms with E-state index in [0.717, 1.165) is 0 Å². The van der Waals surface area contributed by atoms with E-state index >= 15 is 0 Å². The molecule has 0 saturated heterocycles. The molecule has 28 heavy (non-hydrogen) atoms. The highest BCUT2D eigenvalue weighted by Crippen LogP contribution is 2.35. The van der Waals surface area contributed by atoms with Gasteiger partial charge in [-0.1, -0.05) is 54.2 Å². The zero-order valence-electron chi connectivity index (χ0n) is 14.5. The van der Waals surface area contributed by atoms with Crippen molar-refractivity contribution in [2.45, 2.75) is 0 Å². The maximum Gasteiger partial charge on any atom is 0.264 e. The van der Waals surface area contributed by atoms with Gasteiger partial charge in [0.1, 0.15) is 4.99 Å². The van der Waals surface area contributed by atoms with E-state index in [-0.39, 0.29) is 27.8 Å². The molecular weight excluding hydrogens is 392 g/mol. The smallest absolute Gasteiger partial charge is 0.264 e. The fourth-order valence-electron chi connectivity index (χ4n) is 3.08. The van der Waals surface area contributed by atoms with E-state index in [0.29, 0.717) is 21.8 Å². The lowest BCUT2D eigenvalue weighted by Crippen LogP contribution is -2.31. The van der Waals surface area contributed by atoms with Crippen LogP contribution in [0.15, 0.2) is 84.7 Å². The summed E-state index contributed by atoms with van der Waals surface area (Å²) in [5.41, 5.74) is 2.10. The first kappa shape index (κ1) is 18.2. The first-order valence-electron chi connectivity index (χ1n) is 8.46. The zero-order valence-corrected chi connectivity index (χ0v) is 16.1. The third-order valence-electron chi connectivity index (χ3n) is 4.40. The van der Waals surface area contributed by atoms with Gasteiger partial charge < -0.3 is 0 Å². The Morgan fingerprint density at radius 1 is 0.929 bits per heavy atom. The number of nitrogens with zero attached hydrogens (tertiary/aromatic N) is 2. The van der Waals surface area contributed by atoms with Crippen LogP contribution in [0.1, 0.15) is 15.9 Å². The minimum absolute atomic E-state index is 0.183. The van der Waals surface area contributed by atoms with E-state index in [1.54, 1.807) is 48.5 Å². The normalized spacial score (nSPS) is 14.0. The molecule has 0 bridgehead atoms. The number of carbonyl (C=O) groups is 2. The van der Waals surface area contributed by atoms with Crippen molar-refractivity contribution in [1.82, 2.24) is 4.98 Å². The molecule has 6 heteroatoms. The highest BCUT2D eigenvalue weighted by Gasteiger charge is 2.40. The summed E-state index contributed by atoms with van der Waals surface area (Å²) in [4.78, 5) is 32.1. The summed E-state index contributed by atoms with van der Waals surface area (Å²) in [5.74, 6) is -0.653. The maximum atomic E-state index is 13.3. The molecule has 1 aromatic heterocycles. The molecule has 1 aliphatic heterocycles. The first-order valence-corrected chi connectivity index (χ1v) is 9.25. The number of thiocarbonyl (C=S) groups is 1. The Labute approximate surface area is 172 Å². The van der Waals surface area contributed by atoms with Crippen molar-refractivity contribution in [2.75, 3.05) is 4.90 Å². The molecule has 0 spiro atoms. The summed E-state index contributed by atoms with van der Waals surface area (Å²) in [6.45, 7) is 0. The van der Waals surface area contributed by atoms with Crippen LogP contribution < -0.4 is 4.90 Å². The highest BCUT2D eigenvalue weighted by molar-refractivity contribution is 7.81. The van der Waals surface area contributed by atoms with E-state index in [2.05, 4.69) is 4.98 Å². The lowest BCUT2D eigenvalue weighted by molar-refractivity contribution is -0.112. The third kappa shape index (κ3) is 3.15. The molecule has 0 radical (unpaired) electrons. The van der Waals surface area contributed by atoms with Crippen LogP contribution in [-0.4, -0.2) is 21.7 Å². The van der Waals surface area contributed by atoms with Gasteiger partial charge in [0.15, 0.2) is 5.78 Å². The van der Waals surface area contributed by atoms with Gasteiger partial charge in [-0.25, -0.2) is 0 Å². The van der Waals surface area contributed by atoms with Crippen LogP contribution in [0, 0.1) is 0 Å². The van der Waals surface area contributed by atoms with Gasteiger partial charge in [0.05, 0.1) is 16.8 Å². The average molecular weight is 405 g/mol. The molecule has 2 aromatic carbocycles. The summed E-state index contributed by atoms with van der Waals surface area (Å²) in [5, 5.41) is 0.541. The molecule has 0 fully saturated rings. The van der Waals surface area contributed by atoms with Crippen LogP contribution in [0.2, 0.25) is 5.02 Å². The van der Waals surface area contributed by atoms with E-state index in [1.807, 2.05) is 18.2 Å². The number of aromatic nitrogens is 1. The van der Waals surface area contributed by atoms with Crippen molar-refractivity contribution in [2.24, 2.45) is 0 Å². The van der Waals surface area contributed by atoms with E-state index in [9.17, 15) is 9.59 Å². The Kier molecular flexibility index (Phi) is 4.86. The Hall–Kier alpha value is -3.15. The Balaban J connectivity index is 1.89. The van der Waals surface area contributed by atoms with Gasteiger partial charge in [0, 0.05) is 23.0 Å². The SMILES string of the molecule is O=C(C1=C(c2ccc(Cl)cc2)C(=O)N(c2ccccc2)C1=S)c1ccncc1. The predicted molar refractivity (Wildman–Crippen MR) is 113 cm³/mol. The monoisotopic (exact) mass is 404 g/mol. The second kappa shape index (κ2) is 7.46. The van der Waals surface area contributed by atoms with Gasteiger partial charge in [0.25, 0.3) is 5.91 Å². The Morgan fingerprint density at radius 3 is 2.21 bits per heavy atom. The number of ketones is 1. The molecule has 0 atom stereocenters. The van der Waals surface area contributed by atoms with Gasteiger partial charge in [-0.3, -0.25) is 19.5 Å². The summed E-state index contributed by atoms with van der Waals surface area (Å²) < 4.78 is 0. The van der Waals surface area contributed by atoms with Crippen LogP contribution in [0.3, 0.4) is 0 Å². The topological polar surface area (TPSA) is 50.3 Å². The summed E-state index contributed by atoms with van der Waals surface area (Å²) >= 11 is 11.6. The average Bonchev–Trinajstić information content (AvgIpc) is 2.99. The number of anilines is 1. The number of para-hydroxylation sites is 1. The van der Waals surface area contributed by atoms with Crippen molar-refractivity contribution in [3.8, 4) is 0 Å². The quantitative estimate of drug-likeness (QED) is 0.465. The van der Waals surface area contributed by atoms with E-state index < -0.39 is 0 Å². The number of pyridine rings is 1. The fourth-order valence-corrected chi connectivity index (χ4v) is 3.59. The van der Waals surface area contributed by atoms with Gasteiger partial charge in [-0.15, -0.1) is 0 Å². The summed E-state index contributed by atoms with van der Waals surface area (Å²) in [6.07, 6.45) is 3.06. The van der Waals surface area contributed by atoms with E-state index in [1.165, 1.54) is 17.3 Å². The molecule has 1 aliphatic rings. The number of rotatable bonds is 4. The van der Waals surface area contributed by atoms with Crippen molar-refractivity contribution in [3.63, 3.8) is 0 Å². The number of carbonyl (C=O) groups excluding carboxylic acids is 2. The molecule has 0 aliphatic carbocycles. The Morgan fingerprint density at radius 2 is 1.57 bits per heavy atom. The van der Waals surface area contributed by atoms with Crippen molar-refractivity contribution < 1.29 is 9.59 Å². The fraction of sp³-hybridized carbons (Fsp3) is 0. The maximum absolute atomic E-state index is 13.3. The predicted octanol–water partition coefficient (Wildman–Crippen LogP) is 4.75. The van der Waals surface area contributed by atoms with Gasteiger partial charge in [-0.2, -0.15) is 0 Å². The molecule has 0 N–H and O–H groups in total. The molecule has 4 rings (SSSR count). The lowest BCUT2D eigenvalue weighted by Gasteiger charge is -2.17. The Bertz CT molecular complexity index is 1110. The van der Waals surface area contributed by atoms with Crippen molar-refractivity contribution >= 4 is 51.8 Å². The molecule has 0 saturated carbocycles. The molecule has 136 valence electrons. The van der Waals surface area contributed by atoms with Gasteiger partial charge in [-0.05, 0) is 42.0 Å². The van der Waals surface area contributed by atoms with Gasteiger partial charge >= 0.3 is 0 Å². The van der Waals surface area contributed by atoms with Crippen LogP contribution >= 0.6 is 23.8 Å². The number of Topliss-reactive ketones (excluding diaryl/α,β-unsaturated/α-hetero) is 1. The number of amides is 1. The van der Waals surface area contributed by atoms with Gasteiger partial charge in [0.2, 0.25) is 0 Å². The van der Waals surface area contributed by atoms with Crippen molar-refractivity contribution in [1.29, 1.82) is 0 Å². The minimum atomic E-state index is -0.337. The van der Waals surface area contributed by atoms with E-state index in [4.69, 9.17) is 23.8 Å². The number of hydrogen-bond acceptors (Lipinski definition) is 4. The molecule has 1 amide bonds. The van der Waals surface area contributed by atoms with Crippen LogP contribution in [0.4, 0.5) is 5.69 Å². The zero-order chi connectivity index (χ0) is 19.7. The number of hydrogen-bond donors (Lipinski definition) is 0. The van der Waals surface area contributed by atoms with Crippen LogP contribution in [-0.2, 0) is 4.79 Å². The minimum Gasteiger partial charge on any atom is -0.288 e. The van der Waals surface area contributed by atoms with Crippen LogP contribution in [0.5, 0.6) is 0 Å². The second-order valence-corrected chi connectivity index (χ2v) is 6.93. The summed E-state index contributed by atoms with van der Waals surface area (Å²) in [6, 6.07) is 19.0. The molecule has 4 nitrogen and oxygen atoms in total. The van der Waals surface area contributed by atoms with Crippen molar-refractivity contribution in [3.05, 3.63) is 101 Å². The molecule has 0 unspecified atom stereocenters.